The van der Waals surface area contributed by atoms with Crippen molar-refractivity contribution < 1.29 is 45.1 Å². The van der Waals surface area contributed by atoms with Gasteiger partial charge in [0.1, 0.15) is 5.82 Å². The van der Waals surface area contributed by atoms with Gasteiger partial charge in [-0.25, -0.2) is 30.7 Å². The minimum absolute atomic E-state index is 0.307. The molecule has 2 aromatic carbocycles. The second-order valence-corrected chi connectivity index (χ2v) is 5.41. The molecular formula is C18H10F7NO3. The van der Waals surface area contributed by atoms with E-state index in [0.29, 0.717) is 12.3 Å². The van der Waals surface area contributed by atoms with Crippen molar-refractivity contribution in [2.24, 2.45) is 10.9 Å². The van der Waals surface area contributed by atoms with Crippen molar-refractivity contribution in [3.8, 4) is 0 Å². The molecule has 1 atom stereocenters. The van der Waals surface area contributed by atoms with Crippen LogP contribution < -0.4 is 0 Å². The molecule has 2 aromatic rings. The van der Waals surface area contributed by atoms with Gasteiger partial charge in [0.25, 0.3) is 0 Å². The Bertz CT molecular complexity index is 978. The number of ether oxygens (including phenoxy) is 1. The van der Waals surface area contributed by atoms with Gasteiger partial charge in [-0.3, -0.25) is 14.6 Å². The number of hydrogen-bond donors (Lipinski definition) is 0. The smallest absolute Gasteiger partial charge is 0.322 e. The van der Waals surface area contributed by atoms with E-state index in [2.05, 4.69) is 9.73 Å². The van der Waals surface area contributed by atoms with Crippen molar-refractivity contribution in [2.45, 2.75) is 6.92 Å². The fourth-order valence-electron chi connectivity index (χ4n) is 2.19. The van der Waals surface area contributed by atoms with Gasteiger partial charge in [-0.05, 0) is 19.1 Å². The molecule has 0 aliphatic carbocycles. The molecule has 29 heavy (non-hydrogen) atoms. The maximum atomic E-state index is 13.9. The summed E-state index contributed by atoms with van der Waals surface area (Å²) in [7, 11) is 0. The van der Waals surface area contributed by atoms with E-state index < -0.39 is 69.6 Å². The van der Waals surface area contributed by atoms with Crippen LogP contribution in [0.4, 0.5) is 36.4 Å². The lowest BCUT2D eigenvalue weighted by Crippen LogP contribution is -2.30. The number of carbonyl (C=O) groups is 2. The van der Waals surface area contributed by atoms with Crippen molar-refractivity contribution in [3.05, 3.63) is 64.5 Å². The summed E-state index contributed by atoms with van der Waals surface area (Å²) in [6.07, 6.45) is 0.398. The monoisotopic (exact) mass is 421 g/mol. The summed E-state index contributed by atoms with van der Waals surface area (Å²) in [6.45, 7) is 1.01. The minimum atomic E-state index is -2.49. The van der Waals surface area contributed by atoms with Crippen LogP contribution in [-0.2, 0) is 9.53 Å². The lowest BCUT2D eigenvalue weighted by molar-refractivity contribution is -0.143. The summed E-state index contributed by atoms with van der Waals surface area (Å²) in [4.78, 5) is 27.8. The zero-order valence-electron chi connectivity index (χ0n) is 14.4. The van der Waals surface area contributed by atoms with E-state index in [1.54, 1.807) is 0 Å². The second kappa shape index (κ2) is 8.84. The Balaban J connectivity index is 2.55. The number of benzene rings is 2. The number of rotatable bonds is 6. The highest BCUT2D eigenvalue weighted by Gasteiger charge is 2.36. The predicted octanol–water partition coefficient (Wildman–Crippen LogP) is 4.42. The molecule has 11 heteroatoms. The first kappa shape index (κ1) is 22.1. The molecule has 0 aromatic heterocycles. The maximum Gasteiger partial charge on any atom is 0.322 e. The summed E-state index contributed by atoms with van der Waals surface area (Å²) in [5.41, 5.74) is -2.45. The standard InChI is InChI=1S/C18H10F7NO3/c1-2-29-18(28)8(6-26-10-4-3-7(19)5-9(10)20)17(27)11-12(21)14(23)16(25)15(24)13(11)22/h3-6,8H,2H2,1H3. The van der Waals surface area contributed by atoms with Crippen LogP contribution in [0.15, 0.2) is 23.2 Å². The number of aliphatic imine (C=N–C) groups is 1. The van der Waals surface area contributed by atoms with E-state index in [4.69, 9.17) is 0 Å². The lowest BCUT2D eigenvalue weighted by Gasteiger charge is -2.13. The van der Waals surface area contributed by atoms with Crippen molar-refractivity contribution in [2.75, 3.05) is 6.61 Å². The van der Waals surface area contributed by atoms with Gasteiger partial charge in [-0.2, -0.15) is 0 Å². The fourth-order valence-corrected chi connectivity index (χ4v) is 2.19. The third-order valence-corrected chi connectivity index (χ3v) is 3.55. The number of carbonyl (C=O) groups excluding carboxylic acids is 2. The molecule has 0 spiro atoms. The molecule has 4 nitrogen and oxygen atoms in total. The van der Waals surface area contributed by atoms with E-state index in [9.17, 15) is 40.3 Å². The van der Waals surface area contributed by atoms with Gasteiger partial charge in [-0.1, -0.05) is 0 Å². The first-order valence-corrected chi connectivity index (χ1v) is 7.81. The van der Waals surface area contributed by atoms with Crippen molar-refractivity contribution >= 4 is 23.7 Å². The Morgan fingerprint density at radius 1 is 0.966 bits per heavy atom. The molecular weight excluding hydrogens is 411 g/mol. The summed E-state index contributed by atoms with van der Waals surface area (Å²) in [5, 5.41) is 0. The zero-order valence-corrected chi connectivity index (χ0v) is 14.4. The highest BCUT2D eigenvalue weighted by Crippen LogP contribution is 2.26. The number of esters is 1. The molecule has 0 saturated carbocycles. The predicted molar refractivity (Wildman–Crippen MR) is 85.2 cm³/mol. The molecule has 0 radical (unpaired) electrons. The van der Waals surface area contributed by atoms with Crippen LogP contribution in [0.2, 0.25) is 0 Å². The number of halogens is 7. The highest BCUT2D eigenvalue weighted by molar-refractivity contribution is 6.18. The largest absolute Gasteiger partial charge is 0.465 e. The van der Waals surface area contributed by atoms with Crippen LogP contribution in [-0.4, -0.2) is 24.6 Å². The highest BCUT2D eigenvalue weighted by atomic mass is 19.2. The van der Waals surface area contributed by atoms with Crippen molar-refractivity contribution in [3.63, 3.8) is 0 Å². The van der Waals surface area contributed by atoms with Gasteiger partial charge in [0.2, 0.25) is 5.82 Å². The van der Waals surface area contributed by atoms with E-state index in [1.165, 1.54) is 6.92 Å². The molecule has 1 unspecified atom stereocenters. The van der Waals surface area contributed by atoms with E-state index in [-0.39, 0.29) is 6.61 Å². The van der Waals surface area contributed by atoms with Crippen molar-refractivity contribution in [1.29, 1.82) is 0 Å². The third kappa shape index (κ3) is 4.44. The summed E-state index contributed by atoms with van der Waals surface area (Å²) in [5.74, 6) is -19.9. The summed E-state index contributed by atoms with van der Waals surface area (Å²) in [6, 6.07) is 2.05. The van der Waals surface area contributed by atoms with E-state index in [1.807, 2.05) is 0 Å². The number of hydrogen-bond acceptors (Lipinski definition) is 4. The summed E-state index contributed by atoms with van der Waals surface area (Å²) >= 11 is 0. The van der Waals surface area contributed by atoms with Crippen LogP contribution in [0, 0.1) is 46.6 Å². The molecule has 0 N–H and O–H groups in total. The lowest BCUT2D eigenvalue weighted by atomic mass is 9.97. The number of nitrogens with zero attached hydrogens (tertiary/aromatic N) is 1. The number of Topliss-reactive ketones (excluding diaryl/α,β-unsaturated/α-hetero) is 1. The Morgan fingerprint density at radius 2 is 1.52 bits per heavy atom. The first-order valence-electron chi connectivity index (χ1n) is 7.81. The Hall–Kier alpha value is -3.24. The molecule has 0 bridgehead atoms. The van der Waals surface area contributed by atoms with Gasteiger partial charge in [0, 0.05) is 12.3 Å². The van der Waals surface area contributed by atoms with E-state index >= 15 is 0 Å². The molecule has 0 fully saturated rings. The summed E-state index contributed by atoms with van der Waals surface area (Å²) < 4.78 is 98.8. The van der Waals surface area contributed by atoms with E-state index in [0.717, 1.165) is 12.1 Å². The van der Waals surface area contributed by atoms with Crippen LogP contribution in [0.3, 0.4) is 0 Å². The second-order valence-electron chi connectivity index (χ2n) is 5.41. The molecule has 0 aliphatic heterocycles. The Kier molecular flexibility index (Phi) is 6.72. The Morgan fingerprint density at radius 3 is 2.03 bits per heavy atom. The zero-order chi connectivity index (χ0) is 21.9. The average molecular weight is 421 g/mol. The number of ketones is 1. The van der Waals surface area contributed by atoms with Crippen molar-refractivity contribution in [1.82, 2.24) is 0 Å². The average Bonchev–Trinajstić information content (AvgIpc) is 2.67. The Labute approximate surface area is 158 Å². The first-order chi connectivity index (χ1) is 13.6. The minimum Gasteiger partial charge on any atom is -0.465 e. The molecule has 154 valence electrons. The van der Waals surface area contributed by atoms with Crippen LogP contribution in [0.5, 0.6) is 0 Å². The van der Waals surface area contributed by atoms with Gasteiger partial charge < -0.3 is 4.74 Å². The molecule has 0 aliphatic rings. The molecule has 2 rings (SSSR count). The topological polar surface area (TPSA) is 55.7 Å². The quantitative estimate of drug-likeness (QED) is 0.132. The van der Waals surface area contributed by atoms with Crippen LogP contribution in [0.25, 0.3) is 0 Å². The fraction of sp³-hybridized carbons (Fsp3) is 0.167. The molecule has 0 saturated heterocycles. The van der Waals surface area contributed by atoms with Gasteiger partial charge in [-0.15, -0.1) is 0 Å². The normalized spacial score (nSPS) is 12.3. The van der Waals surface area contributed by atoms with Gasteiger partial charge in [0.15, 0.2) is 40.8 Å². The third-order valence-electron chi connectivity index (χ3n) is 3.55. The molecule has 0 heterocycles. The maximum absolute atomic E-state index is 13.9. The van der Waals surface area contributed by atoms with Crippen LogP contribution in [0.1, 0.15) is 17.3 Å². The molecule has 0 amide bonds. The van der Waals surface area contributed by atoms with Crippen LogP contribution >= 0.6 is 0 Å². The van der Waals surface area contributed by atoms with Gasteiger partial charge in [0.05, 0.1) is 17.9 Å². The SMILES string of the molecule is CCOC(=O)C(C=Nc1ccc(F)cc1F)C(=O)c1c(F)c(F)c(F)c(F)c1F. The van der Waals surface area contributed by atoms with Gasteiger partial charge >= 0.3 is 5.97 Å².